The largest absolute Gasteiger partial charge is 0.502 e. The molecule has 0 aliphatic rings. The summed E-state index contributed by atoms with van der Waals surface area (Å²) in [6, 6.07) is 17.4. The number of fused-ring (bicyclic) bond motifs is 1. The van der Waals surface area contributed by atoms with Gasteiger partial charge in [0.1, 0.15) is 39.1 Å². The second-order valence-corrected chi connectivity index (χ2v) is 13.3. The molecule has 0 saturated heterocycles. The van der Waals surface area contributed by atoms with Gasteiger partial charge in [-0.2, -0.15) is 13.2 Å². The van der Waals surface area contributed by atoms with Crippen LogP contribution in [0.15, 0.2) is 94.1 Å². The number of aromatic nitrogens is 4. The quantitative estimate of drug-likeness (QED) is 0.191. The molecule has 1 N–H and O–H groups in total. The van der Waals surface area contributed by atoms with Crippen LogP contribution in [0.1, 0.15) is 15.4 Å². The van der Waals surface area contributed by atoms with E-state index < -0.39 is 37.5 Å². The molecule has 1 amide bonds. The number of amides is 1. The number of para-hydroxylation sites is 1. The average molecular weight is 696 g/mol. The Bertz CT molecular complexity index is 2370. The van der Waals surface area contributed by atoms with Crippen LogP contribution >= 0.6 is 11.3 Å². The van der Waals surface area contributed by atoms with Crippen molar-refractivity contribution in [1.82, 2.24) is 19.3 Å². The van der Waals surface area contributed by atoms with E-state index in [4.69, 9.17) is 9.47 Å². The Morgan fingerprint density at radius 1 is 1.00 bits per heavy atom. The van der Waals surface area contributed by atoms with Crippen molar-refractivity contribution in [2.45, 2.75) is 17.3 Å². The van der Waals surface area contributed by atoms with Crippen LogP contribution in [0.3, 0.4) is 0 Å². The highest BCUT2D eigenvalue weighted by molar-refractivity contribution is 7.92. The molecule has 0 atom stereocenters. The lowest BCUT2D eigenvalue weighted by atomic mass is 10.1. The normalized spacial score (nSPS) is 11.9. The van der Waals surface area contributed by atoms with Crippen LogP contribution < -0.4 is 20.3 Å². The molecule has 0 fully saturated rings. The molecule has 3 aromatic carbocycles. The molecule has 0 aliphatic heterocycles. The number of nitrogens with zero attached hydrogens (tertiary/aromatic N) is 4. The topological polar surface area (TPSA) is 134 Å². The number of hydrogen-bond donors (Lipinski definition) is 1. The fourth-order valence-electron chi connectivity index (χ4n) is 5.07. The Hall–Kier alpha value is -5.48. The predicted octanol–water partition coefficient (Wildman–Crippen LogP) is 6.50. The number of sulfone groups is 1. The van der Waals surface area contributed by atoms with E-state index in [9.17, 15) is 31.2 Å². The molecular weight excluding hydrogens is 672 g/mol. The van der Waals surface area contributed by atoms with E-state index in [-0.39, 0.29) is 22.7 Å². The van der Waals surface area contributed by atoms with Gasteiger partial charge in [-0.1, -0.05) is 18.2 Å². The van der Waals surface area contributed by atoms with Gasteiger partial charge in [0, 0.05) is 35.8 Å². The van der Waals surface area contributed by atoms with Crippen molar-refractivity contribution in [2.24, 2.45) is 7.05 Å². The zero-order valence-corrected chi connectivity index (χ0v) is 26.9. The van der Waals surface area contributed by atoms with Crippen molar-refractivity contribution >= 4 is 43.7 Å². The standard InChI is InChI=1S/C32H24F3N5O6S2/c1-18-37-24(17-47-18)29-28(31(42)40(39(29)2)20-7-5-4-6-8-20)30(41)38-19-9-12-26(27(15-19)48(43,44)32(33,34)35)46-25-13-14-36-23-16-21(45-3)10-11-22(23)25/h4-17H,1-3H3,(H,38,41). The fourth-order valence-corrected chi connectivity index (χ4v) is 6.57. The van der Waals surface area contributed by atoms with Crippen molar-refractivity contribution in [3.8, 4) is 34.3 Å². The van der Waals surface area contributed by atoms with E-state index in [0.29, 0.717) is 39.1 Å². The Labute approximate surface area is 274 Å². The number of aryl methyl sites for hydroxylation is 1. The molecule has 0 unspecified atom stereocenters. The fraction of sp³-hybridized carbons (Fsp3) is 0.125. The van der Waals surface area contributed by atoms with Crippen molar-refractivity contribution < 1.29 is 35.9 Å². The number of nitrogens with one attached hydrogen (secondary N) is 1. The predicted molar refractivity (Wildman–Crippen MR) is 173 cm³/mol. The molecule has 0 radical (unpaired) electrons. The maximum absolute atomic E-state index is 13.9. The summed E-state index contributed by atoms with van der Waals surface area (Å²) in [6.07, 6.45) is 1.34. The summed E-state index contributed by atoms with van der Waals surface area (Å²) < 4.78 is 81.1. The summed E-state index contributed by atoms with van der Waals surface area (Å²) >= 11 is 1.29. The lowest BCUT2D eigenvalue weighted by Crippen LogP contribution is -2.26. The second kappa shape index (κ2) is 12.3. The summed E-state index contributed by atoms with van der Waals surface area (Å²) in [7, 11) is -2.98. The number of ether oxygens (including phenoxy) is 2. The monoisotopic (exact) mass is 695 g/mol. The van der Waals surface area contributed by atoms with Crippen LogP contribution in [0.25, 0.3) is 28.0 Å². The Morgan fingerprint density at radius 3 is 2.42 bits per heavy atom. The number of alkyl halides is 3. The molecule has 246 valence electrons. The van der Waals surface area contributed by atoms with Gasteiger partial charge in [0.15, 0.2) is 0 Å². The highest BCUT2D eigenvalue weighted by Gasteiger charge is 2.48. The van der Waals surface area contributed by atoms with Gasteiger partial charge in [0.05, 0.1) is 23.3 Å². The van der Waals surface area contributed by atoms with E-state index in [1.54, 1.807) is 67.9 Å². The minimum absolute atomic E-state index is 0.0204. The number of pyridine rings is 1. The summed E-state index contributed by atoms with van der Waals surface area (Å²) in [5.41, 5.74) is -5.84. The summed E-state index contributed by atoms with van der Waals surface area (Å²) in [5, 5.41) is 5.10. The first-order valence-electron chi connectivity index (χ1n) is 14.0. The average Bonchev–Trinajstić information content (AvgIpc) is 3.60. The molecule has 0 aliphatic carbocycles. The van der Waals surface area contributed by atoms with Gasteiger partial charge in [-0.05, 0) is 55.5 Å². The van der Waals surface area contributed by atoms with E-state index >= 15 is 0 Å². The molecule has 3 aromatic heterocycles. The van der Waals surface area contributed by atoms with Gasteiger partial charge in [0.2, 0.25) is 0 Å². The Kier molecular flexibility index (Phi) is 8.30. The molecule has 0 saturated carbocycles. The van der Waals surface area contributed by atoms with Gasteiger partial charge in [-0.25, -0.2) is 18.1 Å². The third-order valence-electron chi connectivity index (χ3n) is 7.28. The van der Waals surface area contributed by atoms with Crippen molar-refractivity contribution in [2.75, 3.05) is 12.4 Å². The van der Waals surface area contributed by atoms with Gasteiger partial charge >= 0.3 is 5.51 Å². The van der Waals surface area contributed by atoms with Crippen molar-refractivity contribution in [1.29, 1.82) is 0 Å². The zero-order chi connectivity index (χ0) is 34.4. The highest BCUT2D eigenvalue weighted by atomic mass is 32.2. The van der Waals surface area contributed by atoms with Gasteiger partial charge in [-0.3, -0.25) is 19.3 Å². The lowest BCUT2D eigenvalue weighted by Gasteiger charge is -2.16. The van der Waals surface area contributed by atoms with Crippen LogP contribution in [0.5, 0.6) is 17.2 Å². The molecule has 6 aromatic rings. The number of carbonyl (C=O) groups excluding carboxylic acids is 1. The van der Waals surface area contributed by atoms with E-state index in [1.807, 2.05) is 0 Å². The van der Waals surface area contributed by atoms with Crippen molar-refractivity contribution in [3.05, 3.63) is 105 Å². The minimum atomic E-state index is -6.00. The highest BCUT2D eigenvalue weighted by Crippen LogP contribution is 2.40. The molecular formula is C32H24F3N5O6S2. The van der Waals surface area contributed by atoms with Crippen LogP contribution in [0.4, 0.5) is 18.9 Å². The first kappa shape index (κ1) is 32.5. The summed E-state index contributed by atoms with van der Waals surface area (Å²) in [4.78, 5) is 34.9. The second-order valence-electron chi connectivity index (χ2n) is 10.3. The SMILES string of the molecule is COc1ccc2c(Oc3ccc(NC(=O)c4c(-c5csc(C)n5)n(C)n(-c5ccccc5)c4=O)cc3S(=O)(=O)C(F)(F)F)ccnc2c1. The molecule has 0 bridgehead atoms. The molecule has 6 rings (SSSR count). The van der Waals surface area contributed by atoms with Crippen LogP contribution in [-0.4, -0.2) is 46.3 Å². The Morgan fingerprint density at radius 2 is 1.75 bits per heavy atom. The first-order chi connectivity index (χ1) is 22.8. The third kappa shape index (κ3) is 5.79. The maximum Gasteiger partial charge on any atom is 0.502 e. The number of methoxy groups -OCH3 is 1. The number of anilines is 1. The zero-order valence-electron chi connectivity index (χ0n) is 25.3. The Balaban J connectivity index is 1.44. The number of rotatable bonds is 8. The van der Waals surface area contributed by atoms with E-state index in [2.05, 4.69) is 15.3 Å². The molecule has 11 nitrogen and oxygen atoms in total. The lowest BCUT2D eigenvalue weighted by molar-refractivity contribution is -0.0436. The number of benzene rings is 3. The molecule has 0 spiro atoms. The molecule has 48 heavy (non-hydrogen) atoms. The number of carbonyl (C=O) groups is 1. The summed E-state index contributed by atoms with van der Waals surface area (Å²) in [5.74, 6) is -1.16. The van der Waals surface area contributed by atoms with Crippen LogP contribution in [0, 0.1) is 6.92 Å². The van der Waals surface area contributed by atoms with E-state index in [1.165, 1.54) is 46.1 Å². The number of hydrogen-bond acceptors (Lipinski definition) is 9. The first-order valence-corrected chi connectivity index (χ1v) is 16.3. The minimum Gasteiger partial charge on any atom is -0.497 e. The van der Waals surface area contributed by atoms with Gasteiger partial charge in [-0.15, -0.1) is 11.3 Å². The van der Waals surface area contributed by atoms with Crippen LogP contribution in [-0.2, 0) is 16.9 Å². The van der Waals surface area contributed by atoms with Gasteiger partial charge in [0.25, 0.3) is 21.3 Å². The van der Waals surface area contributed by atoms with Crippen LogP contribution in [0.2, 0.25) is 0 Å². The van der Waals surface area contributed by atoms with Crippen molar-refractivity contribution in [3.63, 3.8) is 0 Å². The third-order valence-corrected chi connectivity index (χ3v) is 9.56. The molecule has 3 heterocycles. The molecule has 16 heteroatoms. The van der Waals surface area contributed by atoms with E-state index in [0.717, 1.165) is 6.07 Å². The maximum atomic E-state index is 13.9. The number of thiazole rings is 1. The number of halogens is 3. The smallest absolute Gasteiger partial charge is 0.497 e. The summed E-state index contributed by atoms with van der Waals surface area (Å²) in [6.45, 7) is 1.75. The van der Waals surface area contributed by atoms with Gasteiger partial charge < -0.3 is 14.8 Å².